The van der Waals surface area contributed by atoms with Crippen LogP contribution in [0, 0.1) is 0 Å². The molecule has 1 fully saturated rings. The highest BCUT2D eigenvalue weighted by Crippen LogP contribution is 2.33. The Morgan fingerprint density at radius 2 is 2.00 bits per heavy atom. The molecule has 1 heterocycles. The molecule has 1 saturated heterocycles. The lowest BCUT2D eigenvalue weighted by molar-refractivity contribution is -0.139. The predicted octanol–water partition coefficient (Wildman–Crippen LogP) is 1.60. The summed E-state index contributed by atoms with van der Waals surface area (Å²) < 4.78 is 10.6. The van der Waals surface area contributed by atoms with Gasteiger partial charge >= 0.3 is 11.9 Å². The van der Waals surface area contributed by atoms with Gasteiger partial charge in [0.1, 0.15) is 5.25 Å². The summed E-state index contributed by atoms with van der Waals surface area (Å²) in [6.07, 6.45) is 0.997. The number of nitrogens with zero attached hydrogens (tertiary/aromatic N) is 2. The van der Waals surface area contributed by atoms with E-state index in [0.717, 1.165) is 11.8 Å². The molecule has 3 N–H and O–H groups in total. The van der Waals surface area contributed by atoms with Gasteiger partial charge in [-0.15, -0.1) is 5.10 Å². The van der Waals surface area contributed by atoms with Crippen molar-refractivity contribution in [2.24, 2.45) is 10.2 Å². The molecule has 0 saturated carbocycles. The molecule has 1 aromatic rings. The number of hydrogen-bond donors (Lipinski definition) is 3. The van der Waals surface area contributed by atoms with Crippen molar-refractivity contribution < 1.29 is 34.1 Å². The molecule has 0 aliphatic carbocycles. The predicted molar refractivity (Wildman–Crippen MR) is 103 cm³/mol. The molecular formula is C16H16ClN3O7S. The number of nitrogens with one attached hydrogen (secondary N) is 1. The van der Waals surface area contributed by atoms with Crippen molar-refractivity contribution in [1.82, 2.24) is 5.32 Å². The third-order valence-corrected chi connectivity index (χ3v) is 4.60. The maximum Gasteiger partial charge on any atom is 0.341 e. The zero-order valence-electron chi connectivity index (χ0n) is 14.5. The molecule has 0 bridgehead atoms. The van der Waals surface area contributed by atoms with Gasteiger partial charge < -0.3 is 25.0 Å². The number of carboxylic acids is 2. The third kappa shape index (κ3) is 6.13. The second-order valence-corrected chi connectivity index (χ2v) is 6.88. The van der Waals surface area contributed by atoms with Crippen LogP contribution < -0.4 is 14.8 Å². The van der Waals surface area contributed by atoms with E-state index in [4.69, 9.17) is 31.3 Å². The van der Waals surface area contributed by atoms with Crippen molar-refractivity contribution in [2.45, 2.75) is 18.6 Å². The SMILES string of the molecule is CCOc1cc(C=NN=C2NC(=O)C(CC(=O)O)S2)c(Cl)cc1OCC(=O)O. The van der Waals surface area contributed by atoms with E-state index in [2.05, 4.69) is 15.5 Å². The van der Waals surface area contributed by atoms with E-state index >= 15 is 0 Å². The molecule has 1 aliphatic heterocycles. The molecule has 1 atom stereocenters. The lowest BCUT2D eigenvalue weighted by Crippen LogP contribution is -2.26. The summed E-state index contributed by atoms with van der Waals surface area (Å²) in [5.74, 6) is -2.21. The molecule has 2 rings (SSSR count). The van der Waals surface area contributed by atoms with E-state index in [-0.39, 0.29) is 28.1 Å². The number of amidine groups is 1. The second kappa shape index (κ2) is 9.95. The van der Waals surface area contributed by atoms with Gasteiger partial charge in [0.2, 0.25) is 5.91 Å². The van der Waals surface area contributed by atoms with Crippen LogP contribution in [-0.2, 0) is 14.4 Å². The fourth-order valence-corrected chi connectivity index (χ4v) is 3.18. The average Bonchev–Trinajstić information content (AvgIpc) is 2.95. The lowest BCUT2D eigenvalue weighted by atomic mass is 10.2. The van der Waals surface area contributed by atoms with Crippen LogP contribution in [0.1, 0.15) is 18.9 Å². The largest absolute Gasteiger partial charge is 0.490 e. The molecule has 10 nitrogen and oxygen atoms in total. The van der Waals surface area contributed by atoms with Gasteiger partial charge in [0, 0.05) is 11.6 Å². The van der Waals surface area contributed by atoms with E-state index in [1.807, 2.05) is 0 Å². The molecule has 1 aliphatic rings. The first-order valence-corrected chi connectivity index (χ1v) is 9.17. The van der Waals surface area contributed by atoms with E-state index in [1.165, 1.54) is 18.3 Å². The molecule has 1 aromatic carbocycles. The van der Waals surface area contributed by atoms with E-state index in [0.29, 0.717) is 12.2 Å². The number of benzene rings is 1. The maximum absolute atomic E-state index is 11.6. The average molecular weight is 430 g/mol. The Balaban J connectivity index is 2.14. The first-order chi connectivity index (χ1) is 13.3. The molecular weight excluding hydrogens is 414 g/mol. The van der Waals surface area contributed by atoms with Crippen LogP contribution in [-0.4, -0.2) is 57.9 Å². The Bertz CT molecular complexity index is 844. The van der Waals surface area contributed by atoms with Crippen molar-refractivity contribution in [1.29, 1.82) is 0 Å². The van der Waals surface area contributed by atoms with Crippen molar-refractivity contribution in [3.63, 3.8) is 0 Å². The summed E-state index contributed by atoms with van der Waals surface area (Å²) >= 11 is 7.12. The Labute approximate surface area is 168 Å². The molecule has 28 heavy (non-hydrogen) atoms. The molecule has 1 unspecified atom stereocenters. The first-order valence-electron chi connectivity index (χ1n) is 7.91. The van der Waals surface area contributed by atoms with Gasteiger partial charge in [0.25, 0.3) is 0 Å². The van der Waals surface area contributed by atoms with Crippen molar-refractivity contribution in [3.05, 3.63) is 22.7 Å². The number of halogens is 1. The van der Waals surface area contributed by atoms with Gasteiger partial charge in [0.05, 0.1) is 24.3 Å². The van der Waals surface area contributed by atoms with Crippen LogP contribution >= 0.6 is 23.4 Å². The number of carbonyl (C=O) groups excluding carboxylic acids is 1. The van der Waals surface area contributed by atoms with E-state index in [9.17, 15) is 14.4 Å². The Morgan fingerprint density at radius 3 is 2.64 bits per heavy atom. The number of ether oxygens (including phenoxy) is 2. The topological polar surface area (TPSA) is 147 Å². The molecule has 0 radical (unpaired) electrons. The molecule has 1 amide bonds. The minimum Gasteiger partial charge on any atom is -0.490 e. The van der Waals surface area contributed by atoms with Crippen LogP contribution in [0.4, 0.5) is 0 Å². The monoisotopic (exact) mass is 429 g/mol. The minimum atomic E-state index is -1.14. The zero-order valence-corrected chi connectivity index (χ0v) is 16.1. The first kappa shape index (κ1) is 21.5. The summed E-state index contributed by atoms with van der Waals surface area (Å²) in [5.41, 5.74) is 0.425. The Morgan fingerprint density at radius 1 is 1.29 bits per heavy atom. The Kier molecular flexibility index (Phi) is 7.64. The second-order valence-electron chi connectivity index (χ2n) is 5.28. The Hall–Kier alpha value is -2.79. The standard InChI is InChI=1S/C16H16ClN3O7S/c1-2-26-10-3-8(9(17)4-11(10)27-7-14(23)24)6-18-20-16-19-15(25)12(28-16)5-13(21)22/h3-4,6,12H,2,5,7H2,1H3,(H,21,22)(H,23,24)(H,19,20,25). The van der Waals surface area contributed by atoms with E-state index < -0.39 is 29.7 Å². The van der Waals surface area contributed by atoms with Crippen LogP contribution in [0.25, 0.3) is 0 Å². The highest BCUT2D eigenvalue weighted by molar-refractivity contribution is 8.15. The molecule has 150 valence electrons. The maximum atomic E-state index is 11.6. The zero-order chi connectivity index (χ0) is 20.7. The van der Waals surface area contributed by atoms with Gasteiger partial charge in [-0.3, -0.25) is 9.59 Å². The third-order valence-electron chi connectivity index (χ3n) is 3.20. The van der Waals surface area contributed by atoms with Crippen molar-refractivity contribution in [3.8, 4) is 11.5 Å². The van der Waals surface area contributed by atoms with Crippen molar-refractivity contribution in [2.75, 3.05) is 13.2 Å². The minimum absolute atomic E-state index is 0.174. The molecule has 0 aromatic heterocycles. The summed E-state index contributed by atoms with van der Waals surface area (Å²) in [4.78, 5) is 33.0. The highest BCUT2D eigenvalue weighted by Gasteiger charge is 2.32. The lowest BCUT2D eigenvalue weighted by Gasteiger charge is -2.12. The van der Waals surface area contributed by atoms with Crippen LogP contribution in [0.3, 0.4) is 0 Å². The number of thioether (sulfide) groups is 1. The number of aliphatic carboxylic acids is 2. The smallest absolute Gasteiger partial charge is 0.341 e. The van der Waals surface area contributed by atoms with Crippen LogP contribution in [0.5, 0.6) is 11.5 Å². The summed E-state index contributed by atoms with van der Waals surface area (Å²) in [6, 6.07) is 2.92. The number of carbonyl (C=O) groups is 3. The van der Waals surface area contributed by atoms with Gasteiger partial charge in [0.15, 0.2) is 23.3 Å². The summed E-state index contributed by atoms with van der Waals surface area (Å²) in [7, 11) is 0. The van der Waals surface area contributed by atoms with Gasteiger partial charge in [-0.1, -0.05) is 23.4 Å². The fraction of sp³-hybridized carbons (Fsp3) is 0.312. The summed E-state index contributed by atoms with van der Waals surface area (Å²) in [5, 5.41) is 27.3. The fourth-order valence-electron chi connectivity index (χ4n) is 2.06. The number of carboxylic acid groups (broad SMARTS) is 2. The summed E-state index contributed by atoms with van der Waals surface area (Å²) in [6.45, 7) is 1.52. The van der Waals surface area contributed by atoms with Gasteiger partial charge in [-0.05, 0) is 13.0 Å². The van der Waals surface area contributed by atoms with Gasteiger partial charge in [-0.2, -0.15) is 5.10 Å². The normalized spacial score (nSPS) is 17.7. The molecule has 0 spiro atoms. The van der Waals surface area contributed by atoms with E-state index in [1.54, 1.807) is 6.92 Å². The van der Waals surface area contributed by atoms with Crippen molar-refractivity contribution >= 4 is 52.6 Å². The number of rotatable bonds is 9. The highest BCUT2D eigenvalue weighted by atomic mass is 35.5. The number of amides is 1. The van der Waals surface area contributed by atoms with Crippen LogP contribution in [0.2, 0.25) is 5.02 Å². The quantitative estimate of drug-likeness (QED) is 0.396. The molecule has 12 heteroatoms. The van der Waals surface area contributed by atoms with Gasteiger partial charge in [-0.25, -0.2) is 4.79 Å². The number of hydrogen-bond acceptors (Lipinski definition) is 8. The van der Waals surface area contributed by atoms with Crippen LogP contribution in [0.15, 0.2) is 22.3 Å².